The quantitative estimate of drug-likeness (QED) is 0.874. The third-order valence-corrected chi connectivity index (χ3v) is 3.93. The Hall–Kier alpha value is -1.46. The van der Waals surface area contributed by atoms with Gasteiger partial charge in [-0.1, -0.05) is 0 Å². The zero-order valence-corrected chi connectivity index (χ0v) is 12.2. The smallest absolute Gasteiger partial charge is 0.220 e. The van der Waals surface area contributed by atoms with Crippen molar-refractivity contribution >= 4 is 5.91 Å². The number of hydrogen-bond acceptors (Lipinski definition) is 4. The van der Waals surface area contributed by atoms with Crippen molar-refractivity contribution in [2.75, 3.05) is 27.2 Å². The van der Waals surface area contributed by atoms with Gasteiger partial charge in [0.05, 0.1) is 6.10 Å². The predicted molar refractivity (Wildman–Crippen MR) is 77.1 cm³/mol. The molecule has 2 heterocycles. The SMILES string of the molecule is CNC(=O)C[C@@H]1CN(Cc2ccncc2)CC[C@H]1OC. The second-order valence-corrected chi connectivity index (χ2v) is 5.29. The van der Waals surface area contributed by atoms with Crippen LogP contribution in [0.15, 0.2) is 24.5 Å². The van der Waals surface area contributed by atoms with E-state index in [2.05, 4.69) is 15.2 Å². The molecule has 1 aliphatic rings. The van der Waals surface area contributed by atoms with Crippen LogP contribution >= 0.6 is 0 Å². The van der Waals surface area contributed by atoms with Crippen molar-refractivity contribution in [3.05, 3.63) is 30.1 Å². The molecule has 0 saturated carbocycles. The Bertz CT molecular complexity index is 424. The van der Waals surface area contributed by atoms with Crippen molar-refractivity contribution in [2.45, 2.75) is 25.5 Å². The number of methoxy groups -OCH3 is 1. The van der Waals surface area contributed by atoms with Gasteiger partial charge in [0, 0.05) is 58.5 Å². The number of nitrogens with one attached hydrogen (secondary N) is 1. The Balaban J connectivity index is 1.94. The monoisotopic (exact) mass is 277 g/mol. The average Bonchev–Trinajstić information content (AvgIpc) is 2.48. The lowest BCUT2D eigenvalue weighted by Crippen LogP contribution is -2.45. The van der Waals surface area contributed by atoms with E-state index >= 15 is 0 Å². The topological polar surface area (TPSA) is 54.5 Å². The van der Waals surface area contributed by atoms with Crippen LogP contribution in [0.4, 0.5) is 0 Å². The second-order valence-electron chi connectivity index (χ2n) is 5.29. The Morgan fingerprint density at radius 3 is 2.90 bits per heavy atom. The fraction of sp³-hybridized carbons (Fsp3) is 0.600. The molecule has 5 nitrogen and oxygen atoms in total. The number of likely N-dealkylation sites (tertiary alicyclic amines) is 1. The molecular weight excluding hydrogens is 254 g/mol. The third kappa shape index (κ3) is 4.02. The minimum atomic E-state index is 0.0859. The molecule has 0 aliphatic carbocycles. The number of nitrogens with zero attached hydrogens (tertiary/aromatic N) is 2. The van der Waals surface area contributed by atoms with Crippen molar-refractivity contribution in [3.8, 4) is 0 Å². The van der Waals surface area contributed by atoms with E-state index in [9.17, 15) is 4.79 Å². The molecule has 0 radical (unpaired) electrons. The van der Waals surface area contributed by atoms with Gasteiger partial charge in [-0.05, 0) is 24.1 Å². The lowest BCUT2D eigenvalue weighted by molar-refractivity contribution is -0.123. The number of piperidine rings is 1. The van der Waals surface area contributed by atoms with E-state index in [4.69, 9.17) is 4.74 Å². The molecule has 20 heavy (non-hydrogen) atoms. The van der Waals surface area contributed by atoms with Crippen molar-refractivity contribution < 1.29 is 9.53 Å². The zero-order valence-electron chi connectivity index (χ0n) is 12.2. The summed E-state index contributed by atoms with van der Waals surface area (Å²) in [6, 6.07) is 4.08. The highest BCUT2D eigenvalue weighted by molar-refractivity contribution is 5.75. The maximum atomic E-state index is 11.6. The number of carbonyl (C=O) groups excluding carboxylic acids is 1. The number of aromatic nitrogens is 1. The van der Waals surface area contributed by atoms with Crippen LogP contribution in [0.5, 0.6) is 0 Å². The van der Waals surface area contributed by atoms with Crippen molar-refractivity contribution in [3.63, 3.8) is 0 Å². The van der Waals surface area contributed by atoms with Gasteiger partial charge in [-0.15, -0.1) is 0 Å². The lowest BCUT2D eigenvalue weighted by atomic mass is 9.91. The molecule has 0 unspecified atom stereocenters. The van der Waals surface area contributed by atoms with E-state index in [1.54, 1.807) is 14.2 Å². The fourth-order valence-electron chi connectivity index (χ4n) is 2.82. The molecule has 110 valence electrons. The number of rotatable bonds is 5. The maximum Gasteiger partial charge on any atom is 0.220 e. The first-order chi connectivity index (χ1) is 9.72. The first-order valence-electron chi connectivity index (χ1n) is 7.07. The van der Waals surface area contributed by atoms with Crippen LogP contribution in [-0.2, 0) is 16.1 Å². The first kappa shape index (κ1) is 14.9. The van der Waals surface area contributed by atoms with Gasteiger partial charge < -0.3 is 10.1 Å². The van der Waals surface area contributed by atoms with Crippen LogP contribution in [0.1, 0.15) is 18.4 Å². The van der Waals surface area contributed by atoms with Crippen molar-refractivity contribution in [1.82, 2.24) is 15.2 Å². The minimum absolute atomic E-state index is 0.0859. The van der Waals surface area contributed by atoms with Crippen LogP contribution in [0.25, 0.3) is 0 Å². The standard InChI is InChI=1S/C15H23N3O2/c1-16-15(19)9-13-11-18(8-5-14(13)20-2)10-12-3-6-17-7-4-12/h3-4,6-7,13-14H,5,8-11H2,1-2H3,(H,16,19)/t13-,14-/m1/s1. The highest BCUT2D eigenvalue weighted by atomic mass is 16.5. The molecule has 1 N–H and O–H groups in total. The fourth-order valence-corrected chi connectivity index (χ4v) is 2.82. The number of ether oxygens (including phenoxy) is 1. The highest BCUT2D eigenvalue weighted by Crippen LogP contribution is 2.24. The summed E-state index contributed by atoms with van der Waals surface area (Å²) in [6.07, 6.45) is 5.32. The summed E-state index contributed by atoms with van der Waals surface area (Å²) in [5.41, 5.74) is 1.26. The number of hydrogen-bond donors (Lipinski definition) is 1. The molecule has 1 aliphatic heterocycles. The minimum Gasteiger partial charge on any atom is -0.381 e. The van der Waals surface area contributed by atoms with E-state index in [-0.39, 0.29) is 17.9 Å². The molecule has 1 aromatic rings. The summed E-state index contributed by atoms with van der Waals surface area (Å²) >= 11 is 0. The van der Waals surface area contributed by atoms with Crippen LogP contribution in [0.3, 0.4) is 0 Å². The van der Waals surface area contributed by atoms with E-state index in [0.29, 0.717) is 6.42 Å². The largest absolute Gasteiger partial charge is 0.381 e. The van der Waals surface area contributed by atoms with Crippen molar-refractivity contribution in [2.24, 2.45) is 5.92 Å². The van der Waals surface area contributed by atoms with Gasteiger partial charge in [0.2, 0.25) is 5.91 Å². The molecule has 0 bridgehead atoms. The van der Waals surface area contributed by atoms with Crippen LogP contribution in [0, 0.1) is 5.92 Å². The first-order valence-corrected chi connectivity index (χ1v) is 7.07. The summed E-state index contributed by atoms with van der Waals surface area (Å²) in [5.74, 6) is 0.346. The van der Waals surface area contributed by atoms with Gasteiger partial charge in [-0.25, -0.2) is 0 Å². The Morgan fingerprint density at radius 2 is 2.25 bits per heavy atom. The second kappa shape index (κ2) is 7.36. The molecule has 2 atom stereocenters. The lowest BCUT2D eigenvalue weighted by Gasteiger charge is -2.37. The highest BCUT2D eigenvalue weighted by Gasteiger charge is 2.30. The molecular formula is C15H23N3O2. The predicted octanol–water partition coefficient (Wildman–Crippen LogP) is 1.05. The van der Waals surface area contributed by atoms with Gasteiger partial charge in [0.25, 0.3) is 0 Å². The Labute approximate surface area is 120 Å². The Kier molecular flexibility index (Phi) is 5.49. The molecule has 0 aromatic carbocycles. The molecule has 2 rings (SSSR count). The average molecular weight is 277 g/mol. The van der Waals surface area contributed by atoms with Gasteiger partial charge >= 0.3 is 0 Å². The van der Waals surface area contributed by atoms with E-state index < -0.39 is 0 Å². The molecule has 1 amide bonds. The van der Waals surface area contributed by atoms with Gasteiger partial charge in [-0.3, -0.25) is 14.7 Å². The van der Waals surface area contributed by atoms with Gasteiger partial charge in [-0.2, -0.15) is 0 Å². The third-order valence-electron chi connectivity index (χ3n) is 3.93. The van der Waals surface area contributed by atoms with E-state index in [1.165, 1.54) is 5.56 Å². The number of amides is 1. The summed E-state index contributed by atoms with van der Waals surface area (Å²) < 4.78 is 5.53. The summed E-state index contributed by atoms with van der Waals surface area (Å²) in [6.45, 7) is 2.81. The zero-order chi connectivity index (χ0) is 14.4. The maximum absolute atomic E-state index is 11.6. The van der Waals surface area contributed by atoms with E-state index in [0.717, 1.165) is 26.1 Å². The van der Waals surface area contributed by atoms with Crippen LogP contribution in [-0.4, -0.2) is 49.1 Å². The van der Waals surface area contributed by atoms with Crippen LogP contribution in [0.2, 0.25) is 0 Å². The van der Waals surface area contributed by atoms with Crippen molar-refractivity contribution in [1.29, 1.82) is 0 Å². The Morgan fingerprint density at radius 1 is 1.50 bits per heavy atom. The van der Waals surface area contributed by atoms with Gasteiger partial charge in [0.1, 0.15) is 0 Å². The molecule has 5 heteroatoms. The normalized spacial score (nSPS) is 23.5. The summed E-state index contributed by atoms with van der Waals surface area (Å²) in [5, 5.41) is 2.70. The summed E-state index contributed by atoms with van der Waals surface area (Å²) in [4.78, 5) is 18.0. The number of pyridine rings is 1. The molecule has 1 saturated heterocycles. The van der Waals surface area contributed by atoms with Gasteiger partial charge in [0.15, 0.2) is 0 Å². The van der Waals surface area contributed by atoms with E-state index in [1.807, 2.05) is 24.5 Å². The number of carbonyl (C=O) groups is 1. The summed E-state index contributed by atoms with van der Waals surface area (Å²) in [7, 11) is 3.42. The van der Waals surface area contributed by atoms with Crippen LogP contribution < -0.4 is 5.32 Å². The molecule has 0 spiro atoms. The molecule has 1 aromatic heterocycles. The molecule has 1 fully saturated rings.